The summed E-state index contributed by atoms with van der Waals surface area (Å²) in [6, 6.07) is 7.45. The number of rotatable bonds is 6. The number of carbonyl (C=O) groups is 2. The minimum atomic E-state index is -0.589. The third-order valence-electron chi connectivity index (χ3n) is 4.18. The lowest BCUT2D eigenvalue weighted by molar-refractivity contribution is -0.154. The minimum absolute atomic E-state index is 0.192. The number of hydrogen-bond donors (Lipinski definition) is 0. The van der Waals surface area contributed by atoms with E-state index in [2.05, 4.69) is 0 Å². The fourth-order valence-electron chi connectivity index (χ4n) is 2.77. The highest BCUT2D eigenvalue weighted by Gasteiger charge is 2.22. The Hall–Kier alpha value is -2.54. The van der Waals surface area contributed by atoms with E-state index in [0.717, 1.165) is 12.0 Å². The molecule has 26 heavy (non-hydrogen) atoms. The van der Waals surface area contributed by atoms with Crippen molar-refractivity contribution in [3.8, 4) is 11.5 Å². The Morgan fingerprint density at radius 1 is 1.19 bits per heavy atom. The first-order valence-corrected chi connectivity index (χ1v) is 9.21. The van der Waals surface area contributed by atoms with Crippen LogP contribution in [-0.4, -0.2) is 43.6 Å². The molecule has 1 aliphatic heterocycles. The Bertz CT molecular complexity index is 801. The summed E-state index contributed by atoms with van der Waals surface area (Å²) in [5.74, 6) is 0.230. The average molecular weight is 375 g/mol. The zero-order chi connectivity index (χ0) is 18.5. The summed E-state index contributed by atoms with van der Waals surface area (Å²) in [6.07, 6.45) is 0.850. The summed E-state index contributed by atoms with van der Waals surface area (Å²) in [4.78, 5) is 27.1. The van der Waals surface area contributed by atoms with Crippen molar-refractivity contribution in [1.29, 1.82) is 0 Å². The molecule has 0 spiro atoms. The van der Waals surface area contributed by atoms with Gasteiger partial charge in [-0.3, -0.25) is 4.79 Å². The zero-order valence-electron chi connectivity index (χ0n) is 14.8. The number of ether oxygens (including phenoxy) is 3. The van der Waals surface area contributed by atoms with E-state index in [1.165, 1.54) is 17.6 Å². The highest BCUT2D eigenvalue weighted by Crippen LogP contribution is 2.27. The van der Waals surface area contributed by atoms with Gasteiger partial charge >= 0.3 is 5.97 Å². The molecule has 0 saturated carbocycles. The van der Waals surface area contributed by atoms with Crippen LogP contribution in [0.4, 0.5) is 0 Å². The Labute approximate surface area is 156 Å². The van der Waals surface area contributed by atoms with E-state index in [9.17, 15) is 9.59 Å². The van der Waals surface area contributed by atoms with E-state index in [0.29, 0.717) is 24.6 Å². The van der Waals surface area contributed by atoms with Crippen molar-refractivity contribution in [2.45, 2.75) is 19.9 Å². The maximum Gasteiger partial charge on any atom is 0.344 e. The Kier molecular flexibility index (Phi) is 5.78. The van der Waals surface area contributed by atoms with E-state index in [4.69, 9.17) is 14.2 Å². The standard InChI is InChI=1S/C19H21NO5S/c1-13-3-4-15(16(9-13)23-2)24-12-19(22)25-11-18(21)20-7-5-17-14(10-20)6-8-26-17/h3-4,6,8-9H,5,7,10-12H2,1-2H3. The number of thiophene rings is 1. The van der Waals surface area contributed by atoms with Gasteiger partial charge in [-0.1, -0.05) is 6.07 Å². The lowest BCUT2D eigenvalue weighted by atomic mass is 10.1. The van der Waals surface area contributed by atoms with E-state index in [1.807, 2.05) is 30.5 Å². The molecule has 1 aliphatic rings. The van der Waals surface area contributed by atoms with Crippen molar-refractivity contribution in [2.75, 3.05) is 26.9 Å². The van der Waals surface area contributed by atoms with E-state index < -0.39 is 5.97 Å². The topological polar surface area (TPSA) is 65.1 Å². The quantitative estimate of drug-likeness (QED) is 0.726. The Balaban J connectivity index is 1.45. The second kappa shape index (κ2) is 8.23. The summed E-state index contributed by atoms with van der Waals surface area (Å²) in [5.41, 5.74) is 2.20. The third-order valence-corrected chi connectivity index (χ3v) is 5.20. The fraction of sp³-hybridized carbons (Fsp3) is 0.368. The van der Waals surface area contributed by atoms with Crippen molar-refractivity contribution in [2.24, 2.45) is 0 Å². The van der Waals surface area contributed by atoms with E-state index in [-0.39, 0.29) is 19.1 Å². The lowest BCUT2D eigenvalue weighted by Gasteiger charge is -2.26. The van der Waals surface area contributed by atoms with Gasteiger partial charge in [-0.2, -0.15) is 0 Å². The van der Waals surface area contributed by atoms with Gasteiger partial charge < -0.3 is 19.1 Å². The van der Waals surface area contributed by atoms with Gasteiger partial charge in [-0.25, -0.2) is 4.79 Å². The molecule has 1 aromatic heterocycles. The Morgan fingerprint density at radius 2 is 2.04 bits per heavy atom. The smallest absolute Gasteiger partial charge is 0.344 e. The van der Waals surface area contributed by atoms with Gasteiger partial charge in [0.05, 0.1) is 7.11 Å². The predicted molar refractivity (Wildman–Crippen MR) is 97.6 cm³/mol. The largest absolute Gasteiger partial charge is 0.493 e. The molecule has 6 nitrogen and oxygen atoms in total. The summed E-state index contributed by atoms with van der Waals surface area (Å²) < 4.78 is 15.7. The molecule has 1 aromatic carbocycles. The molecule has 0 aliphatic carbocycles. The maximum atomic E-state index is 12.2. The van der Waals surface area contributed by atoms with Crippen LogP contribution in [0.5, 0.6) is 11.5 Å². The van der Waals surface area contributed by atoms with Crippen molar-refractivity contribution in [3.63, 3.8) is 0 Å². The van der Waals surface area contributed by atoms with Crippen molar-refractivity contribution in [3.05, 3.63) is 45.6 Å². The summed E-state index contributed by atoms with van der Waals surface area (Å²) in [5, 5.41) is 2.04. The molecule has 0 unspecified atom stereocenters. The van der Waals surface area contributed by atoms with Gasteiger partial charge in [-0.05, 0) is 48.1 Å². The molecule has 2 aromatic rings. The monoisotopic (exact) mass is 375 g/mol. The van der Waals surface area contributed by atoms with Crippen molar-refractivity contribution in [1.82, 2.24) is 4.90 Å². The molecule has 2 heterocycles. The van der Waals surface area contributed by atoms with E-state index >= 15 is 0 Å². The molecule has 7 heteroatoms. The predicted octanol–water partition coefficient (Wildman–Crippen LogP) is 2.57. The van der Waals surface area contributed by atoms with Crippen LogP contribution >= 0.6 is 11.3 Å². The number of amides is 1. The van der Waals surface area contributed by atoms with Crippen LogP contribution in [0.1, 0.15) is 16.0 Å². The van der Waals surface area contributed by atoms with Gasteiger partial charge in [0.25, 0.3) is 5.91 Å². The summed E-state index contributed by atoms with van der Waals surface area (Å²) in [6.45, 7) is 2.62. The highest BCUT2D eigenvalue weighted by atomic mass is 32.1. The number of fused-ring (bicyclic) bond motifs is 1. The van der Waals surface area contributed by atoms with Crippen molar-refractivity contribution < 1.29 is 23.8 Å². The number of hydrogen-bond acceptors (Lipinski definition) is 6. The molecule has 0 bridgehead atoms. The maximum absolute atomic E-state index is 12.2. The summed E-state index contributed by atoms with van der Waals surface area (Å²) in [7, 11) is 1.54. The fourth-order valence-corrected chi connectivity index (χ4v) is 3.66. The van der Waals surface area contributed by atoms with Gasteiger partial charge in [0, 0.05) is 18.0 Å². The van der Waals surface area contributed by atoms with Crippen LogP contribution in [-0.2, 0) is 27.3 Å². The normalized spacial score (nSPS) is 13.1. The van der Waals surface area contributed by atoms with Crippen LogP contribution in [0.3, 0.4) is 0 Å². The second-order valence-electron chi connectivity index (χ2n) is 6.04. The summed E-state index contributed by atoms with van der Waals surface area (Å²) >= 11 is 1.72. The molecule has 0 N–H and O–H groups in total. The number of carbonyl (C=O) groups excluding carboxylic acids is 2. The minimum Gasteiger partial charge on any atom is -0.493 e. The van der Waals surface area contributed by atoms with Gasteiger partial charge in [-0.15, -0.1) is 11.3 Å². The third kappa shape index (κ3) is 4.35. The van der Waals surface area contributed by atoms with Crippen molar-refractivity contribution >= 4 is 23.2 Å². The first kappa shape index (κ1) is 18.3. The number of nitrogens with zero attached hydrogens (tertiary/aromatic N) is 1. The highest BCUT2D eigenvalue weighted by molar-refractivity contribution is 7.10. The first-order valence-electron chi connectivity index (χ1n) is 8.33. The van der Waals surface area contributed by atoms with Crippen LogP contribution in [0.15, 0.2) is 29.6 Å². The Morgan fingerprint density at radius 3 is 2.85 bits per heavy atom. The zero-order valence-corrected chi connectivity index (χ0v) is 15.6. The second-order valence-corrected chi connectivity index (χ2v) is 7.04. The van der Waals surface area contributed by atoms with Crippen LogP contribution < -0.4 is 9.47 Å². The molecule has 0 atom stereocenters. The van der Waals surface area contributed by atoms with Gasteiger partial charge in [0.1, 0.15) is 0 Å². The van der Waals surface area contributed by atoms with Gasteiger partial charge in [0.2, 0.25) is 0 Å². The van der Waals surface area contributed by atoms with Gasteiger partial charge in [0.15, 0.2) is 24.7 Å². The lowest BCUT2D eigenvalue weighted by Crippen LogP contribution is -2.38. The molecule has 1 amide bonds. The molecule has 3 rings (SSSR count). The number of esters is 1. The molecule has 0 radical (unpaired) electrons. The molecule has 0 saturated heterocycles. The molecular weight excluding hydrogens is 354 g/mol. The number of aryl methyl sites for hydroxylation is 1. The first-order chi connectivity index (χ1) is 12.6. The number of methoxy groups -OCH3 is 1. The van der Waals surface area contributed by atoms with Crippen LogP contribution in [0.25, 0.3) is 0 Å². The molecule has 138 valence electrons. The average Bonchev–Trinajstić information content (AvgIpc) is 3.12. The van der Waals surface area contributed by atoms with Crippen LogP contribution in [0, 0.1) is 6.92 Å². The van der Waals surface area contributed by atoms with Crippen LogP contribution in [0.2, 0.25) is 0 Å². The molecular formula is C19H21NO5S. The number of benzene rings is 1. The van der Waals surface area contributed by atoms with E-state index in [1.54, 1.807) is 22.3 Å². The molecule has 0 fully saturated rings. The SMILES string of the molecule is COc1cc(C)ccc1OCC(=O)OCC(=O)N1CCc2sccc2C1.